The summed E-state index contributed by atoms with van der Waals surface area (Å²) in [7, 11) is 1.58. The zero-order chi connectivity index (χ0) is 18.7. The maximum Gasteiger partial charge on any atom is 0.267 e. The molecule has 1 unspecified atom stereocenters. The third-order valence-corrected chi connectivity index (χ3v) is 4.23. The molecule has 2 aromatic carbocycles. The van der Waals surface area contributed by atoms with Gasteiger partial charge < -0.3 is 19.7 Å². The highest BCUT2D eigenvalue weighted by molar-refractivity contribution is 6.05. The van der Waals surface area contributed by atoms with Gasteiger partial charge in [-0.1, -0.05) is 6.92 Å². The van der Waals surface area contributed by atoms with Crippen LogP contribution < -0.4 is 19.7 Å². The van der Waals surface area contributed by atoms with Crippen LogP contribution in [-0.4, -0.2) is 31.6 Å². The number of methoxy groups -OCH3 is 1. The van der Waals surface area contributed by atoms with Gasteiger partial charge in [-0.05, 0) is 49.7 Å². The van der Waals surface area contributed by atoms with Gasteiger partial charge in [-0.15, -0.1) is 0 Å². The molecular weight excluding hydrogens is 332 g/mol. The number of amides is 2. The average Bonchev–Trinajstić information content (AvgIpc) is 2.65. The molecule has 1 N–H and O–H groups in total. The monoisotopic (exact) mass is 354 g/mol. The normalized spacial score (nSPS) is 15.9. The predicted molar refractivity (Wildman–Crippen MR) is 100 cm³/mol. The number of anilines is 2. The first-order valence-corrected chi connectivity index (χ1v) is 8.61. The number of nitrogens with zero attached hydrogens (tertiary/aromatic N) is 1. The van der Waals surface area contributed by atoms with E-state index in [4.69, 9.17) is 9.47 Å². The fraction of sp³-hybridized carbons (Fsp3) is 0.300. The first-order chi connectivity index (χ1) is 12.5. The van der Waals surface area contributed by atoms with Gasteiger partial charge in [0.25, 0.3) is 11.8 Å². The van der Waals surface area contributed by atoms with E-state index in [1.807, 2.05) is 6.92 Å². The van der Waals surface area contributed by atoms with E-state index in [9.17, 15) is 9.59 Å². The lowest BCUT2D eigenvalue weighted by Crippen LogP contribution is -2.44. The number of nitrogens with one attached hydrogen (secondary N) is 1. The molecule has 0 spiro atoms. The molecule has 0 aliphatic carbocycles. The largest absolute Gasteiger partial charge is 0.497 e. The van der Waals surface area contributed by atoms with Gasteiger partial charge in [-0.25, -0.2) is 0 Å². The van der Waals surface area contributed by atoms with Crippen molar-refractivity contribution >= 4 is 23.2 Å². The summed E-state index contributed by atoms with van der Waals surface area (Å²) in [6.07, 6.45) is 0.315. The van der Waals surface area contributed by atoms with Gasteiger partial charge >= 0.3 is 0 Å². The van der Waals surface area contributed by atoms with Gasteiger partial charge in [0.2, 0.25) is 0 Å². The molecule has 0 aromatic heterocycles. The minimum atomic E-state index is -0.540. The predicted octanol–water partition coefficient (Wildman–Crippen LogP) is 3.47. The maximum atomic E-state index is 12.4. The summed E-state index contributed by atoms with van der Waals surface area (Å²) in [5.41, 5.74) is 1.88. The van der Waals surface area contributed by atoms with E-state index in [1.54, 1.807) is 61.4 Å². The molecule has 2 aromatic rings. The van der Waals surface area contributed by atoms with Crippen LogP contribution in [0.1, 0.15) is 30.6 Å². The summed E-state index contributed by atoms with van der Waals surface area (Å²) in [5.74, 6) is 1.02. The Hall–Kier alpha value is -3.02. The van der Waals surface area contributed by atoms with Crippen LogP contribution in [0.5, 0.6) is 11.5 Å². The van der Waals surface area contributed by atoms with Crippen molar-refractivity contribution < 1.29 is 19.1 Å². The zero-order valence-electron chi connectivity index (χ0n) is 15.1. The van der Waals surface area contributed by atoms with Crippen LogP contribution in [0, 0.1) is 0 Å². The third-order valence-electron chi connectivity index (χ3n) is 4.23. The van der Waals surface area contributed by atoms with Crippen LogP contribution in [0.25, 0.3) is 0 Å². The van der Waals surface area contributed by atoms with Crippen LogP contribution in [0.4, 0.5) is 11.4 Å². The number of hydrogen-bond acceptors (Lipinski definition) is 4. The van der Waals surface area contributed by atoms with Crippen molar-refractivity contribution in [3.8, 4) is 11.5 Å². The second kappa shape index (κ2) is 7.47. The molecule has 1 atom stereocenters. The minimum absolute atomic E-state index is 0.0469. The molecule has 0 saturated heterocycles. The van der Waals surface area contributed by atoms with Crippen molar-refractivity contribution in [3.63, 3.8) is 0 Å². The number of rotatable bonds is 5. The van der Waals surface area contributed by atoms with E-state index in [0.29, 0.717) is 29.3 Å². The third kappa shape index (κ3) is 3.49. The van der Waals surface area contributed by atoms with Gasteiger partial charge in [0.05, 0.1) is 12.8 Å². The molecule has 26 heavy (non-hydrogen) atoms. The van der Waals surface area contributed by atoms with E-state index in [0.717, 1.165) is 12.1 Å². The molecule has 0 bridgehead atoms. The van der Waals surface area contributed by atoms with Crippen LogP contribution in [0.3, 0.4) is 0 Å². The van der Waals surface area contributed by atoms with Crippen molar-refractivity contribution in [1.29, 1.82) is 0 Å². The highest BCUT2D eigenvalue weighted by Gasteiger charge is 2.31. The number of carbonyl (C=O) groups is 2. The summed E-state index contributed by atoms with van der Waals surface area (Å²) in [6, 6.07) is 12.2. The highest BCUT2D eigenvalue weighted by Crippen LogP contribution is 2.36. The van der Waals surface area contributed by atoms with Gasteiger partial charge in [0, 0.05) is 23.9 Å². The van der Waals surface area contributed by atoms with Crippen LogP contribution in [0.15, 0.2) is 42.5 Å². The van der Waals surface area contributed by atoms with Crippen molar-refractivity contribution in [1.82, 2.24) is 0 Å². The molecule has 6 heteroatoms. The molecule has 2 amide bonds. The molecule has 0 radical (unpaired) electrons. The second-order valence-corrected chi connectivity index (χ2v) is 6.12. The smallest absolute Gasteiger partial charge is 0.267 e. The SMILES string of the molecule is CCCN1C(=O)C(C)Oc2cc(NC(=O)c3ccc(OC)cc3)ccc21. The number of ether oxygens (including phenoxy) is 2. The van der Waals surface area contributed by atoms with Gasteiger partial charge in [-0.2, -0.15) is 0 Å². The summed E-state index contributed by atoms with van der Waals surface area (Å²) < 4.78 is 10.8. The molecule has 3 rings (SSSR count). The van der Waals surface area contributed by atoms with Crippen molar-refractivity contribution in [2.24, 2.45) is 0 Å². The molecule has 1 aliphatic rings. The fourth-order valence-electron chi connectivity index (χ4n) is 2.89. The molecule has 136 valence electrons. The van der Waals surface area contributed by atoms with Gasteiger partial charge in [-0.3, -0.25) is 9.59 Å². The summed E-state index contributed by atoms with van der Waals surface area (Å²) >= 11 is 0. The number of carbonyl (C=O) groups excluding carboxylic acids is 2. The van der Waals surface area contributed by atoms with Crippen LogP contribution >= 0.6 is 0 Å². The van der Waals surface area contributed by atoms with E-state index >= 15 is 0 Å². The van der Waals surface area contributed by atoms with E-state index < -0.39 is 6.10 Å². The number of benzene rings is 2. The van der Waals surface area contributed by atoms with Crippen molar-refractivity contribution in [2.45, 2.75) is 26.4 Å². The van der Waals surface area contributed by atoms with Crippen molar-refractivity contribution in [3.05, 3.63) is 48.0 Å². The zero-order valence-corrected chi connectivity index (χ0v) is 15.1. The van der Waals surface area contributed by atoms with E-state index in [2.05, 4.69) is 5.32 Å². The number of fused-ring (bicyclic) bond motifs is 1. The minimum Gasteiger partial charge on any atom is -0.497 e. The Kier molecular flexibility index (Phi) is 5.11. The fourth-order valence-corrected chi connectivity index (χ4v) is 2.89. The molecular formula is C20H22N2O4. The standard InChI is InChI=1S/C20H22N2O4/c1-4-11-22-17-10-7-15(12-18(17)26-13(2)20(22)24)21-19(23)14-5-8-16(25-3)9-6-14/h5-10,12-13H,4,11H2,1-3H3,(H,21,23). The molecule has 0 fully saturated rings. The summed E-state index contributed by atoms with van der Waals surface area (Å²) in [5, 5.41) is 2.86. The lowest BCUT2D eigenvalue weighted by Gasteiger charge is -2.33. The topological polar surface area (TPSA) is 67.9 Å². The molecule has 6 nitrogen and oxygen atoms in total. The Balaban J connectivity index is 1.81. The summed E-state index contributed by atoms with van der Waals surface area (Å²) in [6.45, 7) is 4.39. The van der Waals surface area contributed by atoms with Gasteiger partial charge in [0.1, 0.15) is 11.5 Å². The molecule has 1 heterocycles. The first-order valence-electron chi connectivity index (χ1n) is 8.61. The summed E-state index contributed by atoms with van der Waals surface area (Å²) in [4.78, 5) is 26.4. The van der Waals surface area contributed by atoms with Crippen LogP contribution in [0.2, 0.25) is 0 Å². The quantitative estimate of drug-likeness (QED) is 0.893. The second-order valence-electron chi connectivity index (χ2n) is 6.12. The van der Waals surface area contributed by atoms with E-state index in [-0.39, 0.29) is 11.8 Å². The highest BCUT2D eigenvalue weighted by atomic mass is 16.5. The Bertz CT molecular complexity index is 817. The lowest BCUT2D eigenvalue weighted by atomic mass is 10.1. The van der Waals surface area contributed by atoms with Crippen molar-refractivity contribution in [2.75, 3.05) is 23.9 Å². The van der Waals surface area contributed by atoms with Gasteiger partial charge in [0.15, 0.2) is 6.10 Å². The average molecular weight is 354 g/mol. The lowest BCUT2D eigenvalue weighted by molar-refractivity contribution is -0.125. The Morgan fingerprint density at radius 1 is 1.23 bits per heavy atom. The van der Waals surface area contributed by atoms with E-state index in [1.165, 1.54) is 0 Å². The number of hydrogen-bond donors (Lipinski definition) is 1. The molecule has 1 aliphatic heterocycles. The van der Waals surface area contributed by atoms with Crippen LogP contribution in [-0.2, 0) is 4.79 Å². The Morgan fingerprint density at radius 2 is 1.96 bits per heavy atom. The maximum absolute atomic E-state index is 12.4. The first kappa shape index (κ1) is 17.8. The Labute approximate surface area is 152 Å². The molecule has 0 saturated carbocycles. The Morgan fingerprint density at radius 3 is 2.62 bits per heavy atom.